The predicted octanol–water partition coefficient (Wildman–Crippen LogP) is 1.08. The summed E-state index contributed by atoms with van der Waals surface area (Å²) in [4.78, 5) is 30.2. The van der Waals surface area contributed by atoms with Gasteiger partial charge >= 0.3 is 0 Å². The van der Waals surface area contributed by atoms with E-state index in [0.29, 0.717) is 24.0 Å². The molecule has 1 aromatic carbocycles. The molecule has 3 heterocycles. The number of piperidine rings is 1. The second-order valence-electron chi connectivity index (χ2n) is 8.53. The Bertz CT molecular complexity index is 1220. The quantitative estimate of drug-likeness (QED) is 0.395. The first kappa shape index (κ1) is 23.0. The van der Waals surface area contributed by atoms with Gasteiger partial charge in [-0.15, -0.1) is 0 Å². The summed E-state index contributed by atoms with van der Waals surface area (Å²) < 4.78 is 14.8. The molecule has 0 radical (unpaired) electrons. The fourth-order valence-corrected chi connectivity index (χ4v) is 4.50. The van der Waals surface area contributed by atoms with Crippen LogP contribution >= 0.6 is 0 Å². The second-order valence-corrected chi connectivity index (χ2v) is 8.53. The number of aliphatic hydroxyl groups is 2. The van der Waals surface area contributed by atoms with Crippen molar-refractivity contribution in [1.29, 1.82) is 0 Å². The summed E-state index contributed by atoms with van der Waals surface area (Å²) in [6.07, 6.45) is 1.75. The maximum Gasteiger partial charge on any atom is 0.264 e. The van der Waals surface area contributed by atoms with Gasteiger partial charge in [-0.1, -0.05) is 12.1 Å². The monoisotopic (exact) mass is 454 g/mol. The first-order chi connectivity index (χ1) is 15.8. The van der Waals surface area contributed by atoms with Crippen LogP contribution in [0.3, 0.4) is 0 Å². The number of halogens is 1. The largest absolute Gasteiger partial charge is 0.368 e. The highest BCUT2D eigenvalue weighted by Gasteiger charge is 2.25. The molecule has 9 heteroatoms. The molecule has 33 heavy (non-hydrogen) atoms. The minimum Gasteiger partial charge on any atom is -0.368 e. The number of nitrogens with one attached hydrogen (secondary N) is 1. The third-order valence-electron chi connectivity index (χ3n) is 6.12. The fourth-order valence-electron chi connectivity index (χ4n) is 4.50. The zero-order chi connectivity index (χ0) is 23.5. The van der Waals surface area contributed by atoms with Crippen molar-refractivity contribution in [3.05, 3.63) is 75.0 Å². The van der Waals surface area contributed by atoms with E-state index in [1.54, 1.807) is 22.9 Å². The summed E-state index contributed by atoms with van der Waals surface area (Å²) in [7, 11) is 0. The van der Waals surface area contributed by atoms with E-state index in [1.807, 2.05) is 6.07 Å². The van der Waals surface area contributed by atoms with Gasteiger partial charge in [0.05, 0.1) is 11.0 Å². The van der Waals surface area contributed by atoms with E-state index >= 15 is 0 Å². The van der Waals surface area contributed by atoms with E-state index < -0.39 is 17.8 Å². The number of amides is 1. The summed E-state index contributed by atoms with van der Waals surface area (Å²) in [5.41, 5.74) is 7.40. The zero-order valence-electron chi connectivity index (χ0n) is 18.1. The molecule has 0 bridgehead atoms. The number of aliphatic hydroxyl groups excluding tert-OH is 1. The number of primary amides is 1. The molecule has 3 aromatic rings. The first-order valence-corrected chi connectivity index (χ1v) is 11.0. The summed E-state index contributed by atoms with van der Waals surface area (Å²) in [5.74, 6) is -1.01. The predicted molar refractivity (Wildman–Crippen MR) is 121 cm³/mol. The van der Waals surface area contributed by atoms with Crippen LogP contribution in [0.4, 0.5) is 4.39 Å². The molecule has 5 N–H and O–H groups in total. The van der Waals surface area contributed by atoms with Crippen LogP contribution in [0.2, 0.25) is 0 Å². The van der Waals surface area contributed by atoms with E-state index in [1.165, 1.54) is 12.1 Å². The van der Waals surface area contributed by atoms with Crippen molar-refractivity contribution in [2.24, 2.45) is 11.7 Å². The Balaban J connectivity index is 1.88. The molecule has 8 nitrogen and oxygen atoms in total. The SMILES string of the molecule is NC(=O)c1c(CC(O)O)c2ncc(Cc3ccc(F)cc3)cc2n(CC2CCNCC2)c1=O. The molecule has 4 rings (SSSR count). The average molecular weight is 455 g/mol. The number of carbonyl (C=O) groups is 1. The molecule has 174 valence electrons. The number of hydrogen-bond donors (Lipinski definition) is 4. The molecule has 1 fully saturated rings. The van der Waals surface area contributed by atoms with Gasteiger partial charge in [-0.2, -0.15) is 0 Å². The summed E-state index contributed by atoms with van der Waals surface area (Å²) in [6, 6.07) is 7.97. The van der Waals surface area contributed by atoms with Gasteiger partial charge in [0.15, 0.2) is 6.29 Å². The van der Waals surface area contributed by atoms with Gasteiger partial charge in [-0.3, -0.25) is 14.6 Å². The summed E-state index contributed by atoms with van der Waals surface area (Å²) in [5, 5.41) is 22.5. The third-order valence-corrected chi connectivity index (χ3v) is 6.12. The number of carbonyl (C=O) groups excluding carboxylic acids is 1. The number of nitrogens with two attached hydrogens (primary N) is 1. The molecule has 0 spiro atoms. The van der Waals surface area contributed by atoms with E-state index in [2.05, 4.69) is 10.3 Å². The smallest absolute Gasteiger partial charge is 0.264 e. The van der Waals surface area contributed by atoms with Crippen molar-refractivity contribution < 1.29 is 19.4 Å². The number of pyridine rings is 2. The van der Waals surface area contributed by atoms with Crippen LogP contribution in [0.1, 0.15) is 39.9 Å². The van der Waals surface area contributed by atoms with Crippen LogP contribution < -0.4 is 16.6 Å². The van der Waals surface area contributed by atoms with Gasteiger partial charge in [0.25, 0.3) is 11.5 Å². The number of aromatic nitrogens is 2. The molecule has 0 aliphatic carbocycles. The van der Waals surface area contributed by atoms with Crippen molar-refractivity contribution in [1.82, 2.24) is 14.9 Å². The molecule has 1 amide bonds. The average Bonchev–Trinajstić information content (AvgIpc) is 2.78. The molecular formula is C24H27FN4O4. The lowest BCUT2D eigenvalue weighted by molar-refractivity contribution is -0.0380. The van der Waals surface area contributed by atoms with Crippen LogP contribution in [0, 0.1) is 11.7 Å². The van der Waals surface area contributed by atoms with Crippen LogP contribution in [-0.2, 0) is 19.4 Å². The molecule has 1 aliphatic heterocycles. The van der Waals surface area contributed by atoms with Crippen molar-refractivity contribution in [2.75, 3.05) is 13.1 Å². The number of hydrogen-bond acceptors (Lipinski definition) is 6. The highest BCUT2D eigenvalue weighted by molar-refractivity contribution is 5.98. The van der Waals surface area contributed by atoms with Gasteiger partial charge in [-0.05, 0) is 67.6 Å². The first-order valence-electron chi connectivity index (χ1n) is 11.0. The molecule has 0 unspecified atom stereocenters. The van der Waals surface area contributed by atoms with E-state index in [-0.39, 0.29) is 29.3 Å². The molecule has 0 saturated carbocycles. The molecule has 0 atom stereocenters. The van der Waals surface area contributed by atoms with Crippen molar-refractivity contribution in [3.63, 3.8) is 0 Å². The second kappa shape index (κ2) is 9.78. The van der Waals surface area contributed by atoms with Gasteiger partial charge in [-0.25, -0.2) is 4.39 Å². The summed E-state index contributed by atoms with van der Waals surface area (Å²) in [6.45, 7) is 2.10. The topological polar surface area (TPSA) is 130 Å². The van der Waals surface area contributed by atoms with Crippen molar-refractivity contribution in [2.45, 2.75) is 38.5 Å². The number of fused-ring (bicyclic) bond motifs is 1. The number of benzene rings is 1. The summed E-state index contributed by atoms with van der Waals surface area (Å²) >= 11 is 0. The van der Waals surface area contributed by atoms with E-state index in [0.717, 1.165) is 37.1 Å². The van der Waals surface area contributed by atoms with E-state index in [4.69, 9.17) is 5.73 Å². The Morgan fingerprint density at radius 2 is 1.91 bits per heavy atom. The van der Waals surface area contributed by atoms with Crippen molar-refractivity contribution in [3.8, 4) is 0 Å². The van der Waals surface area contributed by atoms with Gasteiger partial charge < -0.3 is 25.8 Å². The number of nitrogens with zero attached hydrogens (tertiary/aromatic N) is 2. The molecule has 1 aliphatic rings. The number of rotatable bonds is 7. The van der Waals surface area contributed by atoms with Crippen LogP contribution in [0.5, 0.6) is 0 Å². The zero-order valence-corrected chi connectivity index (χ0v) is 18.1. The Hall–Kier alpha value is -3.14. The highest BCUT2D eigenvalue weighted by atomic mass is 19.1. The Morgan fingerprint density at radius 3 is 2.55 bits per heavy atom. The fraction of sp³-hybridized carbons (Fsp3) is 0.375. The lowest BCUT2D eigenvalue weighted by atomic mass is 9.96. The Morgan fingerprint density at radius 1 is 1.21 bits per heavy atom. The lowest BCUT2D eigenvalue weighted by Crippen LogP contribution is -2.37. The van der Waals surface area contributed by atoms with Crippen LogP contribution in [0.15, 0.2) is 41.3 Å². The van der Waals surface area contributed by atoms with Gasteiger partial charge in [0.2, 0.25) is 0 Å². The highest BCUT2D eigenvalue weighted by Crippen LogP contribution is 2.24. The lowest BCUT2D eigenvalue weighted by Gasteiger charge is -2.25. The van der Waals surface area contributed by atoms with E-state index in [9.17, 15) is 24.2 Å². The Labute approximate surface area is 189 Å². The third kappa shape index (κ3) is 5.11. The van der Waals surface area contributed by atoms with Gasteiger partial charge in [0.1, 0.15) is 11.4 Å². The normalized spacial score (nSPS) is 14.8. The molecule has 2 aromatic heterocycles. The van der Waals surface area contributed by atoms with Crippen LogP contribution in [-0.4, -0.2) is 45.1 Å². The minimum atomic E-state index is -1.77. The Kier molecular flexibility index (Phi) is 6.83. The standard InChI is InChI=1S/C24H27FN4O4/c25-17-3-1-14(2-4-17)9-16-10-19-22(28-12-16)18(11-20(30)31)21(23(26)32)24(33)29(19)13-15-5-7-27-8-6-15/h1-4,10,12,15,20,27,30-31H,5-9,11,13H2,(H2,26,32). The molecule has 1 saturated heterocycles. The molecular weight excluding hydrogens is 427 g/mol. The van der Waals surface area contributed by atoms with Crippen LogP contribution in [0.25, 0.3) is 11.0 Å². The minimum absolute atomic E-state index is 0.132. The van der Waals surface area contributed by atoms with Crippen molar-refractivity contribution >= 4 is 16.9 Å². The maximum atomic E-state index is 13.4. The maximum absolute atomic E-state index is 13.4. The van der Waals surface area contributed by atoms with Gasteiger partial charge in [0, 0.05) is 24.7 Å².